The summed E-state index contributed by atoms with van der Waals surface area (Å²) < 4.78 is 9.47. The number of aliphatic hydroxyl groups excluding tert-OH is 1. The van der Waals surface area contributed by atoms with E-state index in [0.29, 0.717) is 6.26 Å². The third-order valence-electron chi connectivity index (χ3n) is 1.33. The monoisotopic (exact) mass is 214 g/mol. The molecule has 0 amide bonds. The maximum Gasteiger partial charge on any atom is 0.334 e. The van der Waals surface area contributed by atoms with Crippen molar-refractivity contribution < 1.29 is 24.2 Å². The first-order chi connectivity index (χ1) is 6.97. The first-order valence-corrected chi connectivity index (χ1v) is 4.31. The van der Waals surface area contributed by atoms with Crippen LogP contribution in [-0.2, 0) is 19.1 Å². The molecule has 1 unspecified atom stereocenters. The second-order valence-corrected chi connectivity index (χ2v) is 2.94. The molecule has 0 aromatic heterocycles. The standard InChI is InChI=1S/C10H14O5/c1-7(2)10(13)14-6-8(3)15-9(12)4-5-11/h4-5,8,11H,1,6H2,2-3H3. The number of carbonyl (C=O) groups is 2. The fourth-order valence-corrected chi connectivity index (χ4v) is 0.649. The lowest BCUT2D eigenvalue weighted by Gasteiger charge is -2.11. The van der Waals surface area contributed by atoms with E-state index in [-0.39, 0.29) is 12.2 Å². The lowest BCUT2D eigenvalue weighted by atomic mass is 10.3. The molecule has 0 aromatic rings. The van der Waals surface area contributed by atoms with E-state index in [1.165, 1.54) is 6.92 Å². The van der Waals surface area contributed by atoms with E-state index in [9.17, 15) is 9.59 Å². The van der Waals surface area contributed by atoms with Crippen LogP contribution in [0.3, 0.4) is 0 Å². The highest BCUT2D eigenvalue weighted by Crippen LogP contribution is 1.97. The lowest BCUT2D eigenvalue weighted by molar-refractivity contribution is -0.152. The molecule has 0 rings (SSSR count). The molecule has 1 N–H and O–H groups in total. The highest BCUT2D eigenvalue weighted by molar-refractivity contribution is 5.87. The molecule has 0 heterocycles. The molecule has 0 radical (unpaired) electrons. The Morgan fingerprint density at radius 3 is 2.60 bits per heavy atom. The van der Waals surface area contributed by atoms with Crippen LogP contribution in [0.5, 0.6) is 0 Å². The molecular weight excluding hydrogens is 200 g/mol. The Morgan fingerprint density at radius 1 is 1.53 bits per heavy atom. The highest BCUT2D eigenvalue weighted by atomic mass is 16.6. The van der Waals surface area contributed by atoms with Crippen molar-refractivity contribution in [3.63, 3.8) is 0 Å². The second-order valence-electron chi connectivity index (χ2n) is 2.94. The van der Waals surface area contributed by atoms with Gasteiger partial charge >= 0.3 is 11.9 Å². The van der Waals surface area contributed by atoms with Gasteiger partial charge in [0.2, 0.25) is 0 Å². The van der Waals surface area contributed by atoms with E-state index >= 15 is 0 Å². The van der Waals surface area contributed by atoms with Gasteiger partial charge in [-0.2, -0.15) is 0 Å². The Hall–Kier alpha value is -1.78. The molecule has 5 nitrogen and oxygen atoms in total. The van der Waals surface area contributed by atoms with Crippen molar-refractivity contribution in [2.45, 2.75) is 20.0 Å². The van der Waals surface area contributed by atoms with Crippen molar-refractivity contribution in [3.05, 3.63) is 24.5 Å². The molecule has 84 valence electrons. The first-order valence-electron chi connectivity index (χ1n) is 4.31. The number of ether oxygens (including phenoxy) is 2. The van der Waals surface area contributed by atoms with Gasteiger partial charge in [-0.3, -0.25) is 0 Å². The maximum atomic E-state index is 10.9. The Labute approximate surface area is 88.0 Å². The van der Waals surface area contributed by atoms with Gasteiger partial charge < -0.3 is 14.6 Å². The van der Waals surface area contributed by atoms with Crippen LogP contribution >= 0.6 is 0 Å². The summed E-state index contributed by atoms with van der Waals surface area (Å²) in [6, 6.07) is 0. The van der Waals surface area contributed by atoms with Crippen molar-refractivity contribution in [2.75, 3.05) is 6.61 Å². The van der Waals surface area contributed by atoms with Crippen molar-refractivity contribution in [2.24, 2.45) is 0 Å². The van der Waals surface area contributed by atoms with Gasteiger partial charge in [-0.15, -0.1) is 0 Å². The van der Waals surface area contributed by atoms with Gasteiger partial charge in [0.05, 0.1) is 12.3 Å². The molecule has 0 aliphatic carbocycles. The SMILES string of the molecule is C=C(C)C(=O)OCC(C)OC(=O)C=CO. The van der Waals surface area contributed by atoms with E-state index in [1.807, 2.05) is 0 Å². The zero-order chi connectivity index (χ0) is 11.8. The van der Waals surface area contributed by atoms with E-state index in [1.54, 1.807) is 6.92 Å². The smallest absolute Gasteiger partial charge is 0.334 e. The minimum absolute atomic E-state index is 0.0449. The predicted molar refractivity (Wildman–Crippen MR) is 53.1 cm³/mol. The van der Waals surface area contributed by atoms with Gasteiger partial charge in [0.15, 0.2) is 0 Å². The molecule has 0 fully saturated rings. The van der Waals surface area contributed by atoms with E-state index in [2.05, 4.69) is 6.58 Å². The Bertz CT molecular complexity index is 280. The molecule has 0 bridgehead atoms. The van der Waals surface area contributed by atoms with Crippen molar-refractivity contribution in [3.8, 4) is 0 Å². The second kappa shape index (κ2) is 6.64. The van der Waals surface area contributed by atoms with E-state index in [4.69, 9.17) is 14.6 Å². The molecule has 0 aliphatic rings. The number of aliphatic hydroxyl groups is 1. The van der Waals surface area contributed by atoms with Gasteiger partial charge in [0.1, 0.15) is 12.7 Å². The average molecular weight is 214 g/mol. The van der Waals surface area contributed by atoms with E-state index in [0.717, 1.165) is 6.08 Å². The topological polar surface area (TPSA) is 72.8 Å². The summed E-state index contributed by atoms with van der Waals surface area (Å²) in [5.41, 5.74) is 0.281. The molecule has 5 heteroatoms. The number of hydrogen-bond donors (Lipinski definition) is 1. The number of hydrogen-bond acceptors (Lipinski definition) is 5. The van der Waals surface area contributed by atoms with Crippen LogP contribution in [0.15, 0.2) is 24.5 Å². The lowest BCUT2D eigenvalue weighted by Crippen LogP contribution is -2.21. The van der Waals surface area contributed by atoms with Crippen LogP contribution in [0.25, 0.3) is 0 Å². The third-order valence-corrected chi connectivity index (χ3v) is 1.33. The van der Waals surface area contributed by atoms with Gasteiger partial charge in [-0.25, -0.2) is 9.59 Å². The van der Waals surface area contributed by atoms with Crippen molar-refractivity contribution >= 4 is 11.9 Å². The Kier molecular flexibility index (Phi) is 5.85. The molecular formula is C10H14O5. The average Bonchev–Trinajstić information content (AvgIpc) is 2.14. The zero-order valence-electron chi connectivity index (χ0n) is 8.73. The van der Waals surface area contributed by atoms with Crippen LogP contribution in [0, 0.1) is 0 Å². The summed E-state index contributed by atoms with van der Waals surface area (Å²) in [7, 11) is 0. The summed E-state index contributed by atoms with van der Waals surface area (Å²) >= 11 is 0. The zero-order valence-corrected chi connectivity index (χ0v) is 8.73. The van der Waals surface area contributed by atoms with Crippen LogP contribution < -0.4 is 0 Å². The molecule has 0 aliphatic heterocycles. The molecule has 0 spiro atoms. The van der Waals surface area contributed by atoms with Crippen LogP contribution in [0.2, 0.25) is 0 Å². The van der Waals surface area contributed by atoms with Crippen molar-refractivity contribution in [1.82, 2.24) is 0 Å². The molecule has 15 heavy (non-hydrogen) atoms. The minimum Gasteiger partial charge on any atom is -0.515 e. The highest BCUT2D eigenvalue weighted by Gasteiger charge is 2.10. The van der Waals surface area contributed by atoms with Crippen LogP contribution in [-0.4, -0.2) is 29.8 Å². The number of rotatable bonds is 5. The number of esters is 2. The van der Waals surface area contributed by atoms with Gasteiger partial charge in [0.25, 0.3) is 0 Å². The summed E-state index contributed by atoms with van der Waals surface area (Å²) in [4.78, 5) is 21.7. The first kappa shape index (κ1) is 13.2. The fourth-order valence-electron chi connectivity index (χ4n) is 0.649. The molecule has 1 atom stereocenters. The predicted octanol–water partition coefficient (Wildman–Crippen LogP) is 1.11. The van der Waals surface area contributed by atoms with Crippen LogP contribution in [0.4, 0.5) is 0 Å². The Balaban J connectivity index is 3.85. The van der Waals surface area contributed by atoms with E-state index < -0.39 is 18.0 Å². The summed E-state index contributed by atoms with van der Waals surface area (Å²) in [5.74, 6) is -1.23. The van der Waals surface area contributed by atoms with Crippen molar-refractivity contribution in [1.29, 1.82) is 0 Å². The third kappa shape index (κ3) is 6.31. The quantitative estimate of drug-likeness (QED) is 0.421. The molecule has 0 aromatic carbocycles. The molecule has 0 saturated carbocycles. The number of carbonyl (C=O) groups excluding carboxylic acids is 2. The van der Waals surface area contributed by atoms with Gasteiger partial charge in [-0.1, -0.05) is 6.58 Å². The van der Waals surface area contributed by atoms with Gasteiger partial charge in [-0.05, 0) is 13.8 Å². The summed E-state index contributed by atoms with van der Waals surface area (Å²) in [5, 5.41) is 8.26. The fraction of sp³-hybridized carbons (Fsp3) is 0.400. The maximum absolute atomic E-state index is 10.9. The summed E-state index contributed by atoms with van der Waals surface area (Å²) in [6.45, 7) is 6.44. The Morgan fingerprint density at radius 2 is 2.13 bits per heavy atom. The molecule has 0 saturated heterocycles. The normalized spacial score (nSPS) is 12.1. The van der Waals surface area contributed by atoms with Crippen LogP contribution in [0.1, 0.15) is 13.8 Å². The minimum atomic E-state index is -0.698. The van der Waals surface area contributed by atoms with Gasteiger partial charge in [0, 0.05) is 5.57 Å². The largest absolute Gasteiger partial charge is 0.515 e. The summed E-state index contributed by atoms with van der Waals surface area (Å²) in [6.07, 6.45) is 0.864.